The Balaban J connectivity index is 2.03. The quantitative estimate of drug-likeness (QED) is 0.667. The van der Waals surface area contributed by atoms with Gasteiger partial charge in [0.15, 0.2) is 17.5 Å². The number of hydrogen-bond donors (Lipinski definition) is 1. The molecule has 0 bridgehead atoms. The summed E-state index contributed by atoms with van der Waals surface area (Å²) in [7, 11) is 7.04. The maximum absolute atomic E-state index is 13.8. The fourth-order valence-corrected chi connectivity index (χ4v) is 2.78. The lowest BCUT2D eigenvalue weighted by atomic mass is 10.2. The molecule has 1 N–H and O–H groups in total. The molecule has 0 radical (unpaired) electrons. The van der Waals surface area contributed by atoms with Crippen LogP contribution in [0.4, 0.5) is 4.39 Å². The molecule has 1 aromatic heterocycles. The van der Waals surface area contributed by atoms with Gasteiger partial charge in [-0.05, 0) is 31.5 Å². The third-order valence-electron chi connectivity index (χ3n) is 4.29. The second kappa shape index (κ2) is 8.00. The number of aromatic nitrogens is 2. The SMILES string of the molecule is CN=C(NCc1c(C)nn(C)c1C)N(C)Cc1ccc(OC)c(F)c1. The lowest BCUT2D eigenvalue weighted by molar-refractivity contribution is 0.385. The van der Waals surface area contributed by atoms with Crippen LogP contribution in [0.25, 0.3) is 0 Å². The Morgan fingerprint density at radius 1 is 1.40 bits per heavy atom. The van der Waals surface area contributed by atoms with Crippen LogP contribution in [-0.2, 0) is 20.1 Å². The van der Waals surface area contributed by atoms with E-state index in [1.807, 2.05) is 43.6 Å². The predicted molar refractivity (Wildman–Crippen MR) is 97.3 cm³/mol. The highest BCUT2D eigenvalue weighted by Crippen LogP contribution is 2.18. The van der Waals surface area contributed by atoms with Gasteiger partial charge in [0, 0.05) is 45.5 Å². The summed E-state index contributed by atoms with van der Waals surface area (Å²) in [6, 6.07) is 4.97. The zero-order chi connectivity index (χ0) is 18.6. The predicted octanol–water partition coefficient (Wildman–Crippen LogP) is 2.39. The van der Waals surface area contributed by atoms with E-state index in [9.17, 15) is 4.39 Å². The van der Waals surface area contributed by atoms with Crippen LogP contribution in [0.1, 0.15) is 22.5 Å². The minimum Gasteiger partial charge on any atom is -0.494 e. The van der Waals surface area contributed by atoms with E-state index in [2.05, 4.69) is 15.4 Å². The zero-order valence-corrected chi connectivity index (χ0v) is 15.7. The first-order valence-corrected chi connectivity index (χ1v) is 8.10. The Bertz CT molecular complexity index is 769. The molecule has 0 fully saturated rings. The molecule has 2 rings (SSSR count). The Morgan fingerprint density at radius 2 is 2.12 bits per heavy atom. The standard InChI is InChI=1S/C18H26FN5O/c1-12-15(13(2)24(5)22-12)10-21-18(20-3)23(4)11-14-7-8-17(25-6)16(19)9-14/h7-9H,10-11H2,1-6H3,(H,20,21). The van der Waals surface area contributed by atoms with Gasteiger partial charge in [-0.1, -0.05) is 6.07 Å². The summed E-state index contributed by atoms with van der Waals surface area (Å²) in [5.74, 6) is 0.619. The number of nitrogens with one attached hydrogen (secondary N) is 1. The van der Waals surface area contributed by atoms with Crippen LogP contribution < -0.4 is 10.1 Å². The number of halogens is 1. The Hall–Kier alpha value is -2.57. The van der Waals surface area contributed by atoms with Gasteiger partial charge >= 0.3 is 0 Å². The Kier molecular flexibility index (Phi) is 6.01. The first-order valence-electron chi connectivity index (χ1n) is 8.10. The number of methoxy groups -OCH3 is 1. The second-order valence-electron chi connectivity index (χ2n) is 6.00. The van der Waals surface area contributed by atoms with E-state index in [0.717, 1.165) is 28.5 Å². The fraction of sp³-hybridized carbons (Fsp3) is 0.444. The van der Waals surface area contributed by atoms with Crippen LogP contribution in [0.2, 0.25) is 0 Å². The molecule has 0 saturated carbocycles. The van der Waals surface area contributed by atoms with E-state index in [-0.39, 0.29) is 11.6 Å². The highest BCUT2D eigenvalue weighted by atomic mass is 19.1. The number of guanidine groups is 1. The first-order chi connectivity index (χ1) is 11.9. The van der Waals surface area contributed by atoms with Crippen molar-refractivity contribution < 1.29 is 9.13 Å². The number of hydrogen-bond acceptors (Lipinski definition) is 3. The minimum absolute atomic E-state index is 0.247. The van der Waals surface area contributed by atoms with Crippen LogP contribution in [0.3, 0.4) is 0 Å². The van der Waals surface area contributed by atoms with E-state index in [1.165, 1.54) is 13.2 Å². The van der Waals surface area contributed by atoms with Crippen LogP contribution in [0, 0.1) is 19.7 Å². The van der Waals surface area contributed by atoms with Crippen LogP contribution >= 0.6 is 0 Å². The van der Waals surface area contributed by atoms with Crippen molar-refractivity contribution in [1.29, 1.82) is 0 Å². The molecule has 0 amide bonds. The Morgan fingerprint density at radius 3 is 2.64 bits per heavy atom. The van der Waals surface area contributed by atoms with E-state index in [0.29, 0.717) is 13.1 Å². The van der Waals surface area contributed by atoms with E-state index < -0.39 is 0 Å². The Labute approximate surface area is 148 Å². The molecule has 0 saturated heterocycles. The summed E-state index contributed by atoms with van der Waals surface area (Å²) in [5, 5.41) is 7.76. The molecule has 0 aliphatic rings. The van der Waals surface area contributed by atoms with Gasteiger partial charge in [0.2, 0.25) is 0 Å². The molecule has 2 aromatic rings. The molecule has 0 aliphatic heterocycles. The molecule has 1 heterocycles. The van der Waals surface area contributed by atoms with Gasteiger partial charge in [-0.25, -0.2) is 4.39 Å². The number of ether oxygens (including phenoxy) is 1. The second-order valence-corrected chi connectivity index (χ2v) is 6.00. The molecule has 1 aromatic carbocycles. The first kappa shape index (κ1) is 18.8. The molecule has 0 atom stereocenters. The number of nitrogens with zero attached hydrogens (tertiary/aromatic N) is 4. The maximum atomic E-state index is 13.8. The maximum Gasteiger partial charge on any atom is 0.193 e. The van der Waals surface area contributed by atoms with Gasteiger partial charge < -0.3 is 15.0 Å². The third-order valence-corrected chi connectivity index (χ3v) is 4.29. The van der Waals surface area contributed by atoms with Crippen molar-refractivity contribution >= 4 is 5.96 Å². The van der Waals surface area contributed by atoms with Crippen molar-refractivity contribution in [3.63, 3.8) is 0 Å². The number of benzene rings is 1. The van der Waals surface area contributed by atoms with E-state index in [1.54, 1.807) is 13.1 Å². The number of aliphatic imine (C=N–C) groups is 1. The summed E-state index contributed by atoms with van der Waals surface area (Å²) in [6.45, 7) is 5.21. The molecule has 7 heteroatoms. The normalized spacial score (nSPS) is 11.6. The summed E-state index contributed by atoms with van der Waals surface area (Å²) in [5.41, 5.74) is 4.13. The largest absolute Gasteiger partial charge is 0.494 e. The van der Waals surface area contributed by atoms with Gasteiger partial charge in [0.25, 0.3) is 0 Å². The summed E-state index contributed by atoms with van der Waals surface area (Å²) < 4.78 is 20.7. The highest BCUT2D eigenvalue weighted by molar-refractivity contribution is 5.79. The van der Waals surface area contributed by atoms with Gasteiger partial charge in [-0.15, -0.1) is 0 Å². The number of aryl methyl sites for hydroxylation is 2. The van der Waals surface area contributed by atoms with E-state index in [4.69, 9.17) is 4.74 Å². The average molecular weight is 347 g/mol. The van der Waals surface area contributed by atoms with Crippen molar-refractivity contribution in [3.05, 3.63) is 46.5 Å². The average Bonchev–Trinajstić information content (AvgIpc) is 2.81. The van der Waals surface area contributed by atoms with Gasteiger partial charge in [0.05, 0.1) is 12.8 Å². The molecule has 0 unspecified atom stereocenters. The van der Waals surface area contributed by atoms with Crippen LogP contribution in [-0.4, -0.2) is 41.8 Å². The van der Waals surface area contributed by atoms with Crippen molar-refractivity contribution in [1.82, 2.24) is 20.0 Å². The molecule has 25 heavy (non-hydrogen) atoms. The van der Waals surface area contributed by atoms with Crippen molar-refractivity contribution in [2.45, 2.75) is 26.9 Å². The minimum atomic E-state index is -0.363. The third kappa shape index (κ3) is 4.29. The van der Waals surface area contributed by atoms with Crippen molar-refractivity contribution in [2.24, 2.45) is 12.0 Å². The number of rotatable bonds is 5. The monoisotopic (exact) mass is 347 g/mol. The van der Waals surface area contributed by atoms with Gasteiger partial charge in [0.1, 0.15) is 0 Å². The lowest BCUT2D eigenvalue weighted by Gasteiger charge is -2.22. The van der Waals surface area contributed by atoms with Crippen LogP contribution in [0.5, 0.6) is 5.75 Å². The smallest absolute Gasteiger partial charge is 0.193 e. The molecule has 136 valence electrons. The van der Waals surface area contributed by atoms with Crippen LogP contribution in [0.15, 0.2) is 23.2 Å². The molecule has 0 aliphatic carbocycles. The van der Waals surface area contributed by atoms with Crippen molar-refractivity contribution in [3.8, 4) is 5.75 Å². The molecule has 0 spiro atoms. The highest BCUT2D eigenvalue weighted by Gasteiger charge is 2.12. The zero-order valence-electron chi connectivity index (χ0n) is 15.7. The van der Waals surface area contributed by atoms with E-state index >= 15 is 0 Å². The topological polar surface area (TPSA) is 54.7 Å². The molecular formula is C18H26FN5O. The fourth-order valence-electron chi connectivity index (χ4n) is 2.78. The summed E-state index contributed by atoms with van der Waals surface area (Å²) in [6.07, 6.45) is 0. The van der Waals surface area contributed by atoms with Gasteiger partial charge in [-0.3, -0.25) is 9.67 Å². The van der Waals surface area contributed by atoms with Crippen molar-refractivity contribution in [2.75, 3.05) is 21.2 Å². The summed E-state index contributed by atoms with van der Waals surface area (Å²) >= 11 is 0. The molecule has 6 nitrogen and oxygen atoms in total. The van der Waals surface area contributed by atoms with Gasteiger partial charge in [-0.2, -0.15) is 5.10 Å². The summed E-state index contributed by atoms with van der Waals surface area (Å²) in [4.78, 5) is 6.25. The molecular weight excluding hydrogens is 321 g/mol. The lowest BCUT2D eigenvalue weighted by Crippen LogP contribution is -2.38.